The minimum Gasteiger partial charge on any atom is -0.495 e. The fraction of sp³-hybridized carbons (Fsp3) is 0.368. The average molecular weight is 392 g/mol. The van der Waals surface area contributed by atoms with Gasteiger partial charge in [0.1, 0.15) is 11.5 Å². The molecule has 1 aliphatic rings. The number of rotatable bonds is 7. The van der Waals surface area contributed by atoms with E-state index in [-0.39, 0.29) is 12.0 Å². The van der Waals surface area contributed by atoms with Crippen molar-refractivity contribution < 1.29 is 19.0 Å². The topological polar surface area (TPSA) is 81.7 Å². The number of nitrogens with zero attached hydrogens (tertiary/aromatic N) is 1. The van der Waals surface area contributed by atoms with Crippen LogP contribution in [-0.4, -0.2) is 44.4 Å². The van der Waals surface area contributed by atoms with E-state index in [0.29, 0.717) is 34.3 Å². The third-order valence-electron chi connectivity index (χ3n) is 4.28. The van der Waals surface area contributed by atoms with E-state index in [1.807, 2.05) is 0 Å². The number of benzene rings is 1. The molecule has 1 fully saturated rings. The van der Waals surface area contributed by atoms with Gasteiger partial charge >= 0.3 is 0 Å². The third kappa shape index (κ3) is 4.81. The highest BCUT2D eigenvalue weighted by Gasteiger charge is 2.16. The van der Waals surface area contributed by atoms with Gasteiger partial charge in [-0.05, 0) is 18.9 Å². The number of anilines is 2. The molecule has 1 atom stereocenters. The van der Waals surface area contributed by atoms with Gasteiger partial charge < -0.3 is 24.8 Å². The van der Waals surface area contributed by atoms with Gasteiger partial charge in [-0.1, -0.05) is 11.6 Å². The molecule has 1 aromatic heterocycles. The molecule has 8 heteroatoms. The van der Waals surface area contributed by atoms with Crippen molar-refractivity contribution in [1.82, 2.24) is 4.98 Å². The minimum absolute atomic E-state index is 0.202. The molecule has 2 N–H and O–H groups in total. The first kappa shape index (κ1) is 19.3. The molecule has 144 valence electrons. The molecule has 27 heavy (non-hydrogen) atoms. The van der Waals surface area contributed by atoms with E-state index in [1.165, 1.54) is 20.4 Å². The van der Waals surface area contributed by atoms with Crippen LogP contribution in [0, 0.1) is 0 Å². The first-order valence-electron chi connectivity index (χ1n) is 8.64. The maximum Gasteiger partial charge on any atom is 0.257 e. The quantitative estimate of drug-likeness (QED) is 0.750. The Morgan fingerprint density at radius 2 is 2.07 bits per heavy atom. The zero-order valence-electron chi connectivity index (χ0n) is 15.3. The summed E-state index contributed by atoms with van der Waals surface area (Å²) in [7, 11) is 3.01. The van der Waals surface area contributed by atoms with Crippen LogP contribution >= 0.6 is 11.6 Å². The Labute approximate surface area is 163 Å². The van der Waals surface area contributed by atoms with Crippen molar-refractivity contribution in [2.45, 2.75) is 18.9 Å². The number of nitrogens with one attached hydrogen (secondary N) is 2. The molecule has 1 aliphatic heterocycles. The standard InChI is InChI=1S/C19H22ClN3O4/c1-25-17-8-16(18(26-2)7-15(17)20)23-19(24)12-6-13(10-21-9-12)22-11-14-4-3-5-27-14/h6-10,14,22H,3-5,11H2,1-2H3,(H,23,24). The summed E-state index contributed by atoms with van der Waals surface area (Å²) in [5.41, 5.74) is 1.64. The van der Waals surface area contributed by atoms with Gasteiger partial charge in [-0.2, -0.15) is 0 Å². The first-order valence-corrected chi connectivity index (χ1v) is 9.02. The van der Waals surface area contributed by atoms with Gasteiger partial charge in [-0.3, -0.25) is 9.78 Å². The summed E-state index contributed by atoms with van der Waals surface area (Å²) in [4.78, 5) is 16.8. The van der Waals surface area contributed by atoms with Gasteiger partial charge in [-0.25, -0.2) is 0 Å². The zero-order chi connectivity index (χ0) is 19.2. The maximum atomic E-state index is 12.6. The molecule has 0 radical (unpaired) electrons. The molecule has 0 spiro atoms. The average Bonchev–Trinajstić information content (AvgIpc) is 3.21. The number of halogens is 1. The van der Waals surface area contributed by atoms with Gasteiger partial charge in [0.05, 0.1) is 42.3 Å². The molecule has 0 bridgehead atoms. The van der Waals surface area contributed by atoms with Crippen molar-refractivity contribution in [1.29, 1.82) is 0 Å². The lowest BCUT2D eigenvalue weighted by molar-refractivity contribution is 0.102. The monoisotopic (exact) mass is 391 g/mol. The molecule has 1 saturated heterocycles. The highest BCUT2D eigenvalue weighted by atomic mass is 35.5. The minimum atomic E-state index is -0.314. The van der Waals surface area contributed by atoms with Crippen molar-refractivity contribution in [3.8, 4) is 11.5 Å². The third-order valence-corrected chi connectivity index (χ3v) is 4.58. The zero-order valence-corrected chi connectivity index (χ0v) is 16.0. The summed E-state index contributed by atoms with van der Waals surface area (Å²) < 4.78 is 16.1. The predicted octanol–water partition coefficient (Wildman–Crippen LogP) is 3.60. The molecule has 0 aliphatic carbocycles. The molecule has 2 heterocycles. The number of carbonyl (C=O) groups excluding carboxylic acids is 1. The highest BCUT2D eigenvalue weighted by Crippen LogP contribution is 2.36. The van der Waals surface area contributed by atoms with Gasteiger partial charge in [0.2, 0.25) is 0 Å². The normalized spacial score (nSPS) is 16.0. The molecule has 1 unspecified atom stereocenters. The van der Waals surface area contributed by atoms with Crippen molar-refractivity contribution in [3.63, 3.8) is 0 Å². The Kier molecular flexibility index (Phi) is 6.36. The van der Waals surface area contributed by atoms with Crippen LogP contribution in [0.4, 0.5) is 11.4 Å². The van der Waals surface area contributed by atoms with E-state index in [0.717, 1.165) is 25.1 Å². The van der Waals surface area contributed by atoms with Gasteiger partial charge in [-0.15, -0.1) is 0 Å². The lowest BCUT2D eigenvalue weighted by atomic mass is 10.2. The molecule has 1 amide bonds. The Hall–Kier alpha value is -2.51. The van der Waals surface area contributed by atoms with Crippen LogP contribution in [0.5, 0.6) is 11.5 Å². The molecule has 3 rings (SSSR count). The molecule has 0 saturated carbocycles. The Morgan fingerprint density at radius 1 is 1.26 bits per heavy atom. The second-order valence-corrected chi connectivity index (χ2v) is 6.53. The van der Waals surface area contributed by atoms with Crippen molar-refractivity contribution in [2.24, 2.45) is 0 Å². The summed E-state index contributed by atoms with van der Waals surface area (Å²) in [6, 6.07) is 4.96. The van der Waals surface area contributed by atoms with Crippen LogP contribution in [0.25, 0.3) is 0 Å². The van der Waals surface area contributed by atoms with Crippen LogP contribution in [-0.2, 0) is 4.74 Å². The number of hydrogen-bond acceptors (Lipinski definition) is 6. The Balaban J connectivity index is 1.71. The summed E-state index contributed by atoms with van der Waals surface area (Å²) in [5, 5.41) is 6.47. The predicted molar refractivity (Wildman–Crippen MR) is 104 cm³/mol. The number of amides is 1. The van der Waals surface area contributed by atoms with Gasteiger partial charge in [0, 0.05) is 37.7 Å². The lowest BCUT2D eigenvalue weighted by Crippen LogP contribution is -2.19. The molecule has 7 nitrogen and oxygen atoms in total. The molecular formula is C19H22ClN3O4. The fourth-order valence-corrected chi connectivity index (χ4v) is 3.08. The summed E-state index contributed by atoms with van der Waals surface area (Å²) in [5.74, 6) is 0.568. The van der Waals surface area contributed by atoms with E-state index in [4.69, 9.17) is 25.8 Å². The number of methoxy groups -OCH3 is 2. The Morgan fingerprint density at radius 3 is 2.78 bits per heavy atom. The second-order valence-electron chi connectivity index (χ2n) is 6.12. The smallest absolute Gasteiger partial charge is 0.257 e. The van der Waals surface area contributed by atoms with Crippen LogP contribution in [0.2, 0.25) is 5.02 Å². The van der Waals surface area contributed by atoms with Crippen LogP contribution in [0.1, 0.15) is 23.2 Å². The number of aromatic nitrogens is 1. The summed E-state index contributed by atoms with van der Waals surface area (Å²) >= 11 is 6.10. The molecule has 1 aromatic carbocycles. The largest absolute Gasteiger partial charge is 0.495 e. The van der Waals surface area contributed by atoms with Crippen molar-refractivity contribution in [2.75, 3.05) is 38.0 Å². The van der Waals surface area contributed by atoms with Crippen LogP contribution in [0.3, 0.4) is 0 Å². The molecular weight excluding hydrogens is 370 g/mol. The maximum absolute atomic E-state index is 12.6. The van der Waals surface area contributed by atoms with Crippen molar-refractivity contribution >= 4 is 28.9 Å². The number of ether oxygens (including phenoxy) is 3. The SMILES string of the molecule is COc1cc(NC(=O)c2cncc(NCC3CCCO3)c2)c(OC)cc1Cl. The highest BCUT2D eigenvalue weighted by molar-refractivity contribution is 6.32. The van der Waals surface area contributed by atoms with E-state index in [9.17, 15) is 4.79 Å². The first-order chi connectivity index (χ1) is 13.1. The second kappa shape index (κ2) is 8.92. The molecule has 2 aromatic rings. The number of hydrogen-bond donors (Lipinski definition) is 2. The van der Waals surface area contributed by atoms with E-state index in [2.05, 4.69) is 15.6 Å². The summed E-state index contributed by atoms with van der Waals surface area (Å²) in [6.07, 6.45) is 5.51. The van der Waals surface area contributed by atoms with Gasteiger partial charge in [0.25, 0.3) is 5.91 Å². The number of carbonyl (C=O) groups is 1. The lowest BCUT2D eigenvalue weighted by Gasteiger charge is -2.14. The summed E-state index contributed by atoms with van der Waals surface area (Å²) in [6.45, 7) is 1.49. The van der Waals surface area contributed by atoms with Crippen molar-refractivity contribution in [3.05, 3.63) is 41.2 Å². The van der Waals surface area contributed by atoms with E-state index >= 15 is 0 Å². The fourth-order valence-electron chi connectivity index (χ4n) is 2.85. The van der Waals surface area contributed by atoms with Crippen LogP contribution < -0.4 is 20.1 Å². The Bertz CT molecular complexity index is 810. The number of pyridine rings is 1. The van der Waals surface area contributed by atoms with E-state index in [1.54, 1.807) is 24.4 Å². The van der Waals surface area contributed by atoms with Crippen LogP contribution in [0.15, 0.2) is 30.6 Å². The van der Waals surface area contributed by atoms with E-state index < -0.39 is 0 Å². The van der Waals surface area contributed by atoms with Gasteiger partial charge in [0.15, 0.2) is 0 Å².